The first-order valence-electron chi connectivity index (χ1n) is 8.36. The molecule has 1 amide bonds. The molecule has 0 aliphatic rings. The summed E-state index contributed by atoms with van der Waals surface area (Å²) in [5.74, 6) is -12.8. The van der Waals surface area contributed by atoms with Gasteiger partial charge < -0.3 is 9.73 Å². The highest BCUT2D eigenvalue weighted by atomic mass is 35.5. The van der Waals surface area contributed by atoms with Crippen molar-refractivity contribution in [3.8, 4) is 11.5 Å². The number of hydrogen-bond donors (Lipinski definition) is 1. The van der Waals surface area contributed by atoms with Crippen LogP contribution in [0, 0.1) is 29.1 Å². The molecule has 1 N–H and O–H groups in total. The van der Waals surface area contributed by atoms with Crippen LogP contribution in [-0.2, 0) is 0 Å². The van der Waals surface area contributed by atoms with E-state index in [4.69, 9.17) is 27.6 Å². The fourth-order valence-corrected chi connectivity index (χ4v) is 3.15. The SMILES string of the molecule is O=C(Nc1ccc(Cl)c(-c2nc3cc(Cl)ccc3o2)c1)c1c(F)c(F)c(F)c(F)c1F. The van der Waals surface area contributed by atoms with E-state index in [0.717, 1.165) is 0 Å². The minimum absolute atomic E-state index is 0.0506. The summed E-state index contributed by atoms with van der Waals surface area (Å²) < 4.78 is 73.3. The largest absolute Gasteiger partial charge is 0.436 e. The van der Waals surface area contributed by atoms with Crippen molar-refractivity contribution in [2.45, 2.75) is 0 Å². The van der Waals surface area contributed by atoms with Gasteiger partial charge in [-0.2, -0.15) is 0 Å². The number of nitrogens with one attached hydrogen (secondary N) is 1. The summed E-state index contributed by atoms with van der Waals surface area (Å²) in [5, 5.41) is 2.65. The second kappa shape index (κ2) is 7.82. The number of anilines is 1. The van der Waals surface area contributed by atoms with Gasteiger partial charge in [0.25, 0.3) is 5.91 Å². The van der Waals surface area contributed by atoms with Gasteiger partial charge in [-0.3, -0.25) is 4.79 Å². The lowest BCUT2D eigenvalue weighted by atomic mass is 10.1. The predicted octanol–water partition coefficient (Wildman–Crippen LogP) is 6.75. The molecule has 0 aliphatic carbocycles. The molecule has 0 atom stereocenters. The Morgan fingerprint density at radius 3 is 2.19 bits per heavy atom. The van der Waals surface area contributed by atoms with Gasteiger partial charge in [0.15, 0.2) is 28.9 Å². The van der Waals surface area contributed by atoms with Crippen LogP contribution in [0.5, 0.6) is 0 Å². The Bertz CT molecular complexity index is 1340. The van der Waals surface area contributed by atoms with Crippen molar-refractivity contribution >= 4 is 45.9 Å². The van der Waals surface area contributed by atoms with Gasteiger partial charge in [-0.25, -0.2) is 26.9 Å². The number of carbonyl (C=O) groups is 1. The van der Waals surface area contributed by atoms with Crippen molar-refractivity contribution in [2.24, 2.45) is 0 Å². The van der Waals surface area contributed by atoms with Gasteiger partial charge >= 0.3 is 0 Å². The Morgan fingerprint density at radius 2 is 1.52 bits per heavy atom. The molecule has 11 heteroatoms. The zero-order chi connectivity index (χ0) is 22.4. The van der Waals surface area contributed by atoms with E-state index in [9.17, 15) is 26.7 Å². The van der Waals surface area contributed by atoms with Crippen molar-refractivity contribution in [2.75, 3.05) is 5.32 Å². The third-order valence-corrected chi connectivity index (χ3v) is 4.81. The van der Waals surface area contributed by atoms with Crippen molar-refractivity contribution in [1.29, 1.82) is 0 Å². The molecule has 1 aromatic heterocycles. The summed E-state index contributed by atoms with van der Waals surface area (Å²) in [7, 11) is 0. The molecule has 0 bridgehead atoms. The minimum atomic E-state index is -2.36. The van der Waals surface area contributed by atoms with Crippen molar-refractivity contribution in [1.82, 2.24) is 4.98 Å². The van der Waals surface area contributed by atoms with Crippen LogP contribution < -0.4 is 5.32 Å². The van der Waals surface area contributed by atoms with Crippen molar-refractivity contribution in [3.63, 3.8) is 0 Å². The zero-order valence-electron chi connectivity index (χ0n) is 14.9. The van der Waals surface area contributed by atoms with Crippen molar-refractivity contribution < 1.29 is 31.2 Å². The van der Waals surface area contributed by atoms with E-state index in [1.54, 1.807) is 18.2 Å². The van der Waals surface area contributed by atoms with Crippen LogP contribution in [0.2, 0.25) is 10.0 Å². The first-order valence-corrected chi connectivity index (χ1v) is 9.11. The summed E-state index contributed by atoms with van der Waals surface area (Å²) in [6.07, 6.45) is 0. The Labute approximate surface area is 180 Å². The summed E-state index contributed by atoms with van der Waals surface area (Å²) in [6, 6.07) is 8.56. The molecule has 158 valence electrons. The number of amides is 1. The van der Waals surface area contributed by atoms with E-state index in [1.807, 2.05) is 0 Å². The van der Waals surface area contributed by atoms with E-state index in [0.29, 0.717) is 16.1 Å². The monoisotopic (exact) mass is 472 g/mol. The zero-order valence-corrected chi connectivity index (χ0v) is 16.4. The van der Waals surface area contributed by atoms with E-state index in [1.165, 1.54) is 18.2 Å². The molecule has 0 unspecified atom stereocenters. The van der Waals surface area contributed by atoms with E-state index in [2.05, 4.69) is 10.3 Å². The number of oxazole rings is 1. The fourth-order valence-electron chi connectivity index (χ4n) is 2.78. The van der Waals surface area contributed by atoms with Gasteiger partial charge in [-0.1, -0.05) is 23.2 Å². The third kappa shape index (κ3) is 3.70. The summed E-state index contributed by atoms with van der Waals surface area (Å²) in [4.78, 5) is 16.5. The standard InChI is InChI=1S/C20H7Cl2F5N2O2/c21-7-1-4-12-11(5-7)29-20(31-12)9-6-8(2-3-10(9)22)28-19(30)13-14(23)16(25)18(27)17(26)15(13)24/h1-6H,(H,28,30). The number of nitrogens with zero attached hydrogens (tertiary/aromatic N) is 1. The van der Waals surface area contributed by atoms with E-state index in [-0.39, 0.29) is 22.2 Å². The summed E-state index contributed by atoms with van der Waals surface area (Å²) in [5.41, 5.74) is -0.664. The Hall–Kier alpha value is -3.17. The van der Waals surface area contributed by atoms with Crippen LogP contribution in [0.3, 0.4) is 0 Å². The number of benzene rings is 3. The summed E-state index contributed by atoms with van der Waals surface area (Å²) >= 11 is 12.1. The van der Waals surface area contributed by atoms with Crippen LogP contribution in [0.4, 0.5) is 27.6 Å². The molecule has 1 heterocycles. The quantitative estimate of drug-likeness (QED) is 0.204. The Morgan fingerprint density at radius 1 is 0.871 bits per heavy atom. The van der Waals surface area contributed by atoms with Crippen LogP contribution in [-0.4, -0.2) is 10.9 Å². The minimum Gasteiger partial charge on any atom is -0.436 e. The maximum absolute atomic E-state index is 13.9. The number of aromatic nitrogens is 1. The normalized spacial score (nSPS) is 11.2. The van der Waals surface area contributed by atoms with Crippen LogP contribution in [0.15, 0.2) is 40.8 Å². The molecule has 0 saturated carbocycles. The lowest BCUT2D eigenvalue weighted by molar-refractivity contribution is 0.101. The molecule has 3 aromatic carbocycles. The van der Waals surface area contributed by atoms with Gasteiger partial charge in [0.1, 0.15) is 11.1 Å². The molecule has 4 aromatic rings. The lowest BCUT2D eigenvalue weighted by Crippen LogP contribution is -2.19. The maximum Gasteiger partial charge on any atom is 0.261 e. The van der Waals surface area contributed by atoms with Crippen molar-refractivity contribution in [3.05, 3.63) is 81.1 Å². The van der Waals surface area contributed by atoms with Gasteiger partial charge in [0.05, 0.1) is 10.6 Å². The molecular weight excluding hydrogens is 466 g/mol. The highest BCUT2D eigenvalue weighted by molar-refractivity contribution is 6.33. The molecule has 4 nitrogen and oxygen atoms in total. The second-order valence-electron chi connectivity index (χ2n) is 6.22. The number of fused-ring (bicyclic) bond motifs is 1. The topological polar surface area (TPSA) is 55.1 Å². The van der Waals surface area contributed by atoms with Gasteiger partial charge in [-0.05, 0) is 36.4 Å². The van der Waals surface area contributed by atoms with Gasteiger partial charge in [0.2, 0.25) is 11.7 Å². The Kier molecular flexibility index (Phi) is 5.32. The summed E-state index contributed by atoms with van der Waals surface area (Å²) in [6.45, 7) is 0. The van der Waals surface area contributed by atoms with Crippen LogP contribution >= 0.6 is 23.2 Å². The third-order valence-electron chi connectivity index (χ3n) is 4.24. The molecule has 0 fully saturated rings. The number of rotatable bonds is 3. The molecule has 31 heavy (non-hydrogen) atoms. The number of halogens is 7. The highest BCUT2D eigenvalue weighted by Crippen LogP contribution is 2.33. The fraction of sp³-hybridized carbons (Fsp3) is 0. The van der Waals surface area contributed by atoms with Crippen LogP contribution in [0.25, 0.3) is 22.6 Å². The molecular formula is C20H7Cl2F5N2O2. The number of hydrogen-bond acceptors (Lipinski definition) is 3. The van der Waals surface area contributed by atoms with Gasteiger partial charge in [-0.15, -0.1) is 0 Å². The highest BCUT2D eigenvalue weighted by Gasteiger charge is 2.30. The predicted molar refractivity (Wildman–Crippen MR) is 104 cm³/mol. The Balaban J connectivity index is 1.72. The second-order valence-corrected chi connectivity index (χ2v) is 7.07. The first-order chi connectivity index (χ1) is 14.7. The molecule has 0 spiro atoms. The molecule has 0 saturated heterocycles. The lowest BCUT2D eigenvalue weighted by Gasteiger charge is -2.10. The molecule has 4 rings (SSSR count). The molecule has 0 aliphatic heterocycles. The number of carbonyl (C=O) groups excluding carboxylic acids is 1. The average Bonchev–Trinajstić information content (AvgIpc) is 3.15. The van der Waals surface area contributed by atoms with E-state index >= 15 is 0 Å². The maximum atomic E-state index is 13.9. The van der Waals surface area contributed by atoms with Crippen LogP contribution in [0.1, 0.15) is 10.4 Å². The average molecular weight is 473 g/mol. The smallest absolute Gasteiger partial charge is 0.261 e. The van der Waals surface area contributed by atoms with Gasteiger partial charge in [0, 0.05) is 10.7 Å². The first kappa shape index (κ1) is 21.1. The van der Waals surface area contributed by atoms with E-state index < -0.39 is 40.6 Å². The molecule has 0 radical (unpaired) electrons.